The first-order valence-electron chi connectivity index (χ1n) is 4.52. The van der Waals surface area contributed by atoms with Gasteiger partial charge in [-0.05, 0) is 35.2 Å². The number of nitrogens with one attached hydrogen (secondary N) is 1. The molecule has 0 aromatic heterocycles. The lowest BCUT2D eigenvalue weighted by Gasteiger charge is -2.07. The number of benzene rings is 1. The van der Waals surface area contributed by atoms with Gasteiger partial charge in [0.15, 0.2) is 0 Å². The predicted molar refractivity (Wildman–Crippen MR) is 56.0 cm³/mol. The van der Waals surface area contributed by atoms with Crippen LogP contribution in [-0.4, -0.2) is 21.2 Å². The molecule has 0 saturated heterocycles. The third-order valence-electron chi connectivity index (χ3n) is 1.88. The molecule has 1 aromatic rings. The highest BCUT2D eigenvalue weighted by Gasteiger charge is 1.97. The van der Waals surface area contributed by atoms with Gasteiger partial charge in [0.25, 0.3) is 0 Å². The lowest BCUT2D eigenvalue weighted by molar-refractivity contribution is -0.118. The summed E-state index contributed by atoms with van der Waals surface area (Å²) in [4.78, 5) is 10.9. The minimum absolute atomic E-state index is 0.0847. The van der Waals surface area contributed by atoms with Crippen molar-refractivity contribution >= 4 is 17.0 Å². The van der Waals surface area contributed by atoms with E-state index in [2.05, 4.69) is 5.32 Å². The van der Waals surface area contributed by atoms with Crippen molar-refractivity contribution in [1.29, 1.82) is 0 Å². The first-order chi connectivity index (χ1) is 7.09. The van der Waals surface area contributed by atoms with Gasteiger partial charge in [0.05, 0.1) is 0 Å². The lowest BCUT2D eigenvalue weighted by Crippen LogP contribution is -2.22. The third-order valence-corrected chi connectivity index (χ3v) is 2.52. The van der Waals surface area contributed by atoms with Gasteiger partial charge < -0.3 is 9.87 Å². The molecule has 0 bridgehead atoms. The van der Waals surface area contributed by atoms with E-state index in [4.69, 9.17) is 0 Å². The number of carbonyl (C=O) groups excluding carboxylic acids is 1. The summed E-state index contributed by atoms with van der Waals surface area (Å²) in [7, 11) is 0. The van der Waals surface area contributed by atoms with E-state index in [0.717, 1.165) is 5.56 Å². The third kappa shape index (κ3) is 4.22. The van der Waals surface area contributed by atoms with Crippen LogP contribution in [0.1, 0.15) is 12.5 Å². The zero-order valence-corrected chi connectivity index (χ0v) is 9.17. The van der Waals surface area contributed by atoms with Gasteiger partial charge in [-0.25, -0.2) is 0 Å². The van der Waals surface area contributed by atoms with Crippen LogP contribution in [0.4, 0.5) is 0 Å². The first kappa shape index (κ1) is 11.9. The van der Waals surface area contributed by atoms with Crippen LogP contribution in [0.2, 0.25) is 0 Å². The summed E-state index contributed by atoms with van der Waals surface area (Å²) in [6, 6.07) is 6.66. The molecule has 82 valence electrons. The average Bonchev–Trinajstić information content (AvgIpc) is 2.17. The largest absolute Gasteiger partial charge is 0.768 e. The van der Waals surface area contributed by atoms with Crippen molar-refractivity contribution in [2.45, 2.75) is 18.2 Å². The number of amides is 1. The van der Waals surface area contributed by atoms with Crippen LogP contribution < -0.4 is 5.32 Å². The van der Waals surface area contributed by atoms with Crippen molar-refractivity contribution in [2.24, 2.45) is 0 Å². The van der Waals surface area contributed by atoms with E-state index in [0.29, 0.717) is 13.0 Å². The molecular formula is C10H12NO3S-. The van der Waals surface area contributed by atoms with Gasteiger partial charge in [-0.1, -0.05) is 12.1 Å². The summed E-state index contributed by atoms with van der Waals surface area (Å²) in [6.45, 7) is 1.97. The maximum absolute atomic E-state index is 10.7. The quantitative estimate of drug-likeness (QED) is 0.764. The van der Waals surface area contributed by atoms with Crippen LogP contribution in [0.5, 0.6) is 0 Å². The Balaban J connectivity index is 2.58. The van der Waals surface area contributed by atoms with E-state index in [1.54, 1.807) is 12.1 Å². The number of hydrogen-bond donors (Lipinski definition) is 1. The van der Waals surface area contributed by atoms with E-state index in [9.17, 15) is 13.6 Å². The smallest absolute Gasteiger partial charge is 0.216 e. The molecule has 0 heterocycles. The summed E-state index contributed by atoms with van der Waals surface area (Å²) in [5.41, 5.74) is 0.894. The zero-order chi connectivity index (χ0) is 11.3. The fraction of sp³-hybridized carbons (Fsp3) is 0.300. The summed E-state index contributed by atoms with van der Waals surface area (Å²) in [6.07, 6.45) is 0.630. The van der Waals surface area contributed by atoms with Gasteiger partial charge in [-0.2, -0.15) is 0 Å². The molecule has 0 radical (unpaired) electrons. The van der Waals surface area contributed by atoms with Crippen LogP contribution in [-0.2, 0) is 22.3 Å². The Morgan fingerprint density at radius 2 is 2.27 bits per heavy atom. The molecule has 0 fully saturated rings. The number of carbonyl (C=O) groups is 1. The predicted octanol–water partition coefficient (Wildman–Crippen LogP) is 0.603. The second kappa shape index (κ2) is 5.63. The van der Waals surface area contributed by atoms with E-state index in [-0.39, 0.29) is 10.8 Å². The highest BCUT2D eigenvalue weighted by molar-refractivity contribution is 7.79. The highest BCUT2D eigenvalue weighted by atomic mass is 32.2. The fourth-order valence-corrected chi connectivity index (χ4v) is 1.62. The Kier molecular flexibility index (Phi) is 4.45. The maximum Gasteiger partial charge on any atom is 0.216 e. The standard InChI is InChI=1S/C10H13NO3S/c1-8(12)11-6-5-9-3-2-4-10(7-9)15(13)14/h2-4,7H,5-6H2,1H3,(H,11,12)(H,13,14)/p-1. The molecule has 1 N–H and O–H groups in total. The topological polar surface area (TPSA) is 69.2 Å². The Hall–Kier alpha value is -1.20. The molecule has 0 aliphatic carbocycles. The van der Waals surface area contributed by atoms with Crippen LogP contribution in [0, 0.1) is 0 Å². The van der Waals surface area contributed by atoms with Gasteiger partial charge in [-0.15, -0.1) is 0 Å². The van der Waals surface area contributed by atoms with Gasteiger partial charge in [0.1, 0.15) is 0 Å². The minimum Gasteiger partial charge on any atom is -0.768 e. The minimum atomic E-state index is -2.19. The zero-order valence-electron chi connectivity index (χ0n) is 8.36. The molecule has 1 amide bonds. The molecule has 0 saturated carbocycles. The van der Waals surface area contributed by atoms with E-state index in [1.807, 2.05) is 6.07 Å². The normalized spacial score (nSPS) is 12.1. The second-order valence-electron chi connectivity index (χ2n) is 3.12. The van der Waals surface area contributed by atoms with Crippen LogP contribution in [0.15, 0.2) is 29.2 Å². The second-order valence-corrected chi connectivity index (χ2v) is 4.06. The molecule has 1 atom stereocenters. The summed E-state index contributed by atoms with van der Waals surface area (Å²) < 4.78 is 21.3. The van der Waals surface area contributed by atoms with Gasteiger partial charge in [0.2, 0.25) is 5.91 Å². The van der Waals surface area contributed by atoms with E-state index >= 15 is 0 Å². The summed E-state index contributed by atoms with van der Waals surface area (Å²) >= 11 is -2.19. The molecule has 1 aromatic carbocycles. The first-order valence-corrected chi connectivity index (χ1v) is 5.59. The van der Waals surface area contributed by atoms with Crippen molar-refractivity contribution in [3.8, 4) is 0 Å². The van der Waals surface area contributed by atoms with E-state index in [1.165, 1.54) is 13.0 Å². The monoisotopic (exact) mass is 226 g/mol. The number of hydrogen-bond acceptors (Lipinski definition) is 3. The molecule has 0 aliphatic heterocycles. The lowest BCUT2D eigenvalue weighted by atomic mass is 10.1. The van der Waals surface area contributed by atoms with Crippen molar-refractivity contribution in [3.05, 3.63) is 29.8 Å². The van der Waals surface area contributed by atoms with Crippen molar-refractivity contribution in [3.63, 3.8) is 0 Å². The Morgan fingerprint density at radius 3 is 2.87 bits per heavy atom. The molecule has 1 rings (SSSR count). The van der Waals surface area contributed by atoms with E-state index < -0.39 is 11.1 Å². The maximum atomic E-state index is 10.7. The van der Waals surface area contributed by atoms with Gasteiger partial charge in [-0.3, -0.25) is 9.00 Å². The summed E-state index contributed by atoms with van der Waals surface area (Å²) in [5.74, 6) is -0.0847. The van der Waals surface area contributed by atoms with Crippen LogP contribution in [0.3, 0.4) is 0 Å². The SMILES string of the molecule is CC(=O)NCCc1cccc(S(=O)[O-])c1. The molecule has 5 heteroatoms. The summed E-state index contributed by atoms with van der Waals surface area (Å²) in [5, 5.41) is 2.65. The van der Waals surface area contributed by atoms with Crippen LogP contribution >= 0.6 is 0 Å². The highest BCUT2D eigenvalue weighted by Crippen LogP contribution is 2.08. The molecule has 0 spiro atoms. The Labute approximate surface area is 91.0 Å². The Bertz CT molecular complexity index is 379. The fourth-order valence-electron chi connectivity index (χ4n) is 1.19. The molecule has 4 nitrogen and oxygen atoms in total. The van der Waals surface area contributed by atoms with Crippen LogP contribution in [0.25, 0.3) is 0 Å². The van der Waals surface area contributed by atoms with Crippen molar-refractivity contribution in [1.82, 2.24) is 5.32 Å². The average molecular weight is 226 g/mol. The molecule has 1 unspecified atom stereocenters. The molecule has 0 aliphatic rings. The van der Waals surface area contributed by atoms with Gasteiger partial charge in [0, 0.05) is 18.4 Å². The Morgan fingerprint density at radius 1 is 1.53 bits per heavy atom. The molecular weight excluding hydrogens is 214 g/mol. The molecule has 15 heavy (non-hydrogen) atoms. The van der Waals surface area contributed by atoms with Crippen molar-refractivity contribution in [2.75, 3.05) is 6.54 Å². The van der Waals surface area contributed by atoms with Gasteiger partial charge >= 0.3 is 0 Å². The number of rotatable bonds is 4. The van der Waals surface area contributed by atoms with Crippen molar-refractivity contribution < 1.29 is 13.6 Å².